The van der Waals surface area contributed by atoms with Gasteiger partial charge >= 0.3 is 0 Å². The van der Waals surface area contributed by atoms with E-state index in [4.69, 9.17) is 16.3 Å². The van der Waals surface area contributed by atoms with Crippen molar-refractivity contribution in [3.8, 4) is 0 Å². The van der Waals surface area contributed by atoms with Crippen LogP contribution < -0.4 is 10.2 Å². The molecular formula is C12H19ClN4O. The molecule has 0 aromatic carbocycles. The van der Waals surface area contributed by atoms with Gasteiger partial charge in [0.05, 0.1) is 36.7 Å². The zero-order valence-electron chi connectivity index (χ0n) is 10.6. The summed E-state index contributed by atoms with van der Waals surface area (Å²) in [6.45, 7) is 6.31. The Morgan fingerprint density at radius 2 is 2.28 bits per heavy atom. The van der Waals surface area contributed by atoms with E-state index in [-0.39, 0.29) is 6.04 Å². The van der Waals surface area contributed by atoms with Crippen molar-refractivity contribution < 1.29 is 4.74 Å². The third-order valence-corrected chi connectivity index (χ3v) is 3.09. The Kier molecular flexibility index (Phi) is 5.16. The van der Waals surface area contributed by atoms with Gasteiger partial charge in [-0.2, -0.15) is 0 Å². The summed E-state index contributed by atoms with van der Waals surface area (Å²) < 4.78 is 5.52. The molecule has 1 fully saturated rings. The van der Waals surface area contributed by atoms with E-state index in [1.807, 2.05) is 0 Å². The van der Waals surface area contributed by atoms with Gasteiger partial charge in [0.1, 0.15) is 0 Å². The minimum Gasteiger partial charge on any atom is -0.377 e. The number of ether oxygens (including phenoxy) is 1. The fourth-order valence-electron chi connectivity index (χ4n) is 1.99. The van der Waals surface area contributed by atoms with Crippen molar-refractivity contribution >= 4 is 17.5 Å². The van der Waals surface area contributed by atoms with Gasteiger partial charge in [0.25, 0.3) is 0 Å². The number of rotatable bonds is 5. The SMILES string of the molecule is CCCNCC1COCCN1c1ncc(Cl)cn1. The number of nitrogens with one attached hydrogen (secondary N) is 1. The van der Waals surface area contributed by atoms with E-state index in [1.54, 1.807) is 12.4 Å². The number of hydrogen-bond donors (Lipinski definition) is 1. The van der Waals surface area contributed by atoms with E-state index in [0.29, 0.717) is 11.6 Å². The smallest absolute Gasteiger partial charge is 0.225 e. The van der Waals surface area contributed by atoms with Crippen LogP contribution in [0.3, 0.4) is 0 Å². The Labute approximate surface area is 113 Å². The summed E-state index contributed by atoms with van der Waals surface area (Å²) in [5, 5.41) is 3.98. The van der Waals surface area contributed by atoms with Gasteiger partial charge in [-0.1, -0.05) is 18.5 Å². The quantitative estimate of drug-likeness (QED) is 0.818. The van der Waals surface area contributed by atoms with Crippen molar-refractivity contribution in [3.63, 3.8) is 0 Å². The van der Waals surface area contributed by atoms with E-state index >= 15 is 0 Å². The second-order valence-electron chi connectivity index (χ2n) is 4.33. The van der Waals surface area contributed by atoms with E-state index < -0.39 is 0 Å². The lowest BCUT2D eigenvalue weighted by molar-refractivity contribution is 0.0929. The first-order valence-electron chi connectivity index (χ1n) is 6.34. The van der Waals surface area contributed by atoms with Crippen LogP contribution in [0.15, 0.2) is 12.4 Å². The minimum absolute atomic E-state index is 0.284. The molecule has 2 rings (SSSR count). The molecule has 1 saturated heterocycles. The molecule has 0 aliphatic carbocycles. The third kappa shape index (κ3) is 3.54. The van der Waals surface area contributed by atoms with Gasteiger partial charge in [-0.3, -0.25) is 0 Å². The zero-order chi connectivity index (χ0) is 12.8. The molecule has 1 aromatic rings. The van der Waals surface area contributed by atoms with Crippen LogP contribution in [0.4, 0.5) is 5.95 Å². The number of anilines is 1. The van der Waals surface area contributed by atoms with Crippen LogP contribution in [-0.2, 0) is 4.74 Å². The number of halogens is 1. The number of nitrogens with zero attached hydrogens (tertiary/aromatic N) is 3. The van der Waals surface area contributed by atoms with Gasteiger partial charge in [-0.05, 0) is 13.0 Å². The van der Waals surface area contributed by atoms with Crippen molar-refractivity contribution in [2.45, 2.75) is 19.4 Å². The summed E-state index contributed by atoms with van der Waals surface area (Å²) in [5.41, 5.74) is 0. The molecule has 1 atom stereocenters. The first-order chi connectivity index (χ1) is 8.81. The Balaban J connectivity index is 2.00. The van der Waals surface area contributed by atoms with Gasteiger partial charge in [0.15, 0.2) is 0 Å². The molecule has 0 amide bonds. The molecule has 0 spiro atoms. The van der Waals surface area contributed by atoms with Crippen molar-refractivity contribution in [1.29, 1.82) is 0 Å². The van der Waals surface area contributed by atoms with E-state index in [0.717, 1.165) is 38.6 Å². The lowest BCUT2D eigenvalue weighted by Crippen LogP contribution is -2.51. The fourth-order valence-corrected chi connectivity index (χ4v) is 2.08. The van der Waals surface area contributed by atoms with Crippen molar-refractivity contribution in [2.75, 3.05) is 37.7 Å². The molecular weight excluding hydrogens is 252 g/mol. The Morgan fingerprint density at radius 3 is 3.00 bits per heavy atom. The highest BCUT2D eigenvalue weighted by Crippen LogP contribution is 2.15. The highest BCUT2D eigenvalue weighted by molar-refractivity contribution is 6.30. The molecule has 0 saturated carbocycles. The minimum atomic E-state index is 0.284. The summed E-state index contributed by atoms with van der Waals surface area (Å²) >= 11 is 5.81. The molecule has 1 unspecified atom stereocenters. The van der Waals surface area contributed by atoms with Crippen LogP contribution in [0, 0.1) is 0 Å². The molecule has 1 aliphatic heterocycles. The van der Waals surface area contributed by atoms with Crippen LogP contribution in [0.25, 0.3) is 0 Å². The molecule has 0 radical (unpaired) electrons. The molecule has 1 aliphatic rings. The first kappa shape index (κ1) is 13.5. The van der Waals surface area contributed by atoms with Crippen LogP contribution >= 0.6 is 11.6 Å². The fraction of sp³-hybridized carbons (Fsp3) is 0.667. The predicted molar refractivity (Wildman–Crippen MR) is 72.2 cm³/mol. The van der Waals surface area contributed by atoms with Gasteiger partial charge in [0, 0.05) is 13.1 Å². The maximum absolute atomic E-state index is 5.81. The highest BCUT2D eigenvalue weighted by Gasteiger charge is 2.24. The zero-order valence-corrected chi connectivity index (χ0v) is 11.4. The van der Waals surface area contributed by atoms with Crippen molar-refractivity contribution in [3.05, 3.63) is 17.4 Å². The van der Waals surface area contributed by atoms with E-state index in [1.165, 1.54) is 0 Å². The lowest BCUT2D eigenvalue weighted by atomic mass is 10.2. The van der Waals surface area contributed by atoms with E-state index in [9.17, 15) is 0 Å². The highest BCUT2D eigenvalue weighted by atomic mass is 35.5. The molecule has 6 heteroatoms. The molecule has 5 nitrogen and oxygen atoms in total. The van der Waals surface area contributed by atoms with Gasteiger partial charge in [-0.15, -0.1) is 0 Å². The number of aromatic nitrogens is 2. The second-order valence-corrected chi connectivity index (χ2v) is 4.76. The summed E-state index contributed by atoms with van der Waals surface area (Å²) in [5.74, 6) is 0.728. The Hall–Kier alpha value is -0.910. The number of hydrogen-bond acceptors (Lipinski definition) is 5. The standard InChI is InChI=1S/C12H19ClN4O/c1-2-3-14-8-11-9-18-5-4-17(11)12-15-6-10(13)7-16-12/h6-7,11,14H,2-5,8-9H2,1H3. The summed E-state index contributed by atoms with van der Waals surface area (Å²) in [6.07, 6.45) is 4.40. The van der Waals surface area contributed by atoms with E-state index in [2.05, 4.69) is 27.1 Å². The average molecular weight is 271 g/mol. The van der Waals surface area contributed by atoms with Crippen LogP contribution in [0.2, 0.25) is 5.02 Å². The molecule has 18 heavy (non-hydrogen) atoms. The van der Waals surface area contributed by atoms with Crippen LogP contribution in [0.1, 0.15) is 13.3 Å². The van der Waals surface area contributed by atoms with Crippen molar-refractivity contribution in [2.24, 2.45) is 0 Å². The maximum atomic E-state index is 5.81. The molecule has 2 heterocycles. The molecule has 1 aromatic heterocycles. The molecule has 0 bridgehead atoms. The van der Waals surface area contributed by atoms with Crippen LogP contribution in [0.5, 0.6) is 0 Å². The number of morpholine rings is 1. The normalized spacial score (nSPS) is 20.1. The maximum Gasteiger partial charge on any atom is 0.225 e. The second kappa shape index (κ2) is 6.87. The Bertz CT molecular complexity index is 360. The average Bonchev–Trinajstić information content (AvgIpc) is 2.41. The van der Waals surface area contributed by atoms with Gasteiger partial charge < -0.3 is 15.0 Å². The monoisotopic (exact) mass is 270 g/mol. The Morgan fingerprint density at radius 1 is 1.50 bits per heavy atom. The topological polar surface area (TPSA) is 50.3 Å². The van der Waals surface area contributed by atoms with Gasteiger partial charge in [-0.25, -0.2) is 9.97 Å². The molecule has 1 N–H and O–H groups in total. The molecule has 100 valence electrons. The van der Waals surface area contributed by atoms with Crippen molar-refractivity contribution in [1.82, 2.24) is 15.3 Å². The predicted octanol–water partition coefficient (Wildman–Crippen LogP) is 1.33. The van der Waals surface area contributed by atoms with Gasteiger partial charge in [0.2, 0.25) is 5.95 Å². The lowest BCUT2D eigenvalue weighted by Gasteiger charge is -2.35. The summed E-state index contributed by atoms with van der Waals surface area (Å²) in [6, 6.07) is 0.284. The summed E-state index contributed by atoms with van der Waals surface area (Å²) in [7, 11) is 0. The first-order valence-corrected chi connectivity index (χ1v) is 6.71. The van der Waals surface area contributed by atoms with Crippen LogP contribution in [-0.4, -0.2) is 48.9 Å². The largest absolute Gasteiger partial charge is 0.377 e. The third-order valence-electron chi connectivity index (χ3n) is 2.90. The summed E-state index contributed by atoms with van der Waals surface area (Å²) in [4.78, 5) is 10.7.